The van der Waals surface area contributed by atoms with E-state index in [1.807, 2.05) is 82.0 Å². The van der Waals surface area contributed by atoms with E-state index >= 15 is 0 Å². The van der Waals surface area contributed by atoms with Gasteiger partial charge in [0.15, 0.2) is 0 Å². The molecule has 56 heavy (non-hydrogen) atoms. The van der Waals surface area contributed by atoms with Crippen LogP contribution in [0.15, 0.2) is 48.7 Å². The second-order valence-corrected chi connectivity index (χ2v) is 15.6. The van der Waals surface area contributed by atoms with Gasteiger partial charge in [-0.15, -0.1) is 0 Å². The molecule has 1 saturated carbocycles. The average molecular weight is 765 g/mol. The molecule has 296 valence electrons. The minimum Gasteiger partial charge on any atom is -0.453 e. The normalized spacial score (nSPS) is 16.7. The summed E-state index contributed by atoms with van der Waals surface area (Å²) in [6, 6.07) is 12.1. The van der Waals surface area contributed by atoms with E-state index in [0.717, 1.165) is 64.9 Å². The fourth-order valence-corrected chi connectivity index (χ4v) is 7.31. The number of aromatic nitrogens is 4. The Balaban J connectivity index is 1.13. The largest absolute Gasteiger partial charge is 0.453 e. The number of H-pyrrole nitrogens is 2. The van der Waals surface area contributed by atoms with E-state index in [4.69, 9.17) is 19.4 Å². The van der Waals surface area contributed by atoms with E-state index in [1.165, 1.54) is 14.2 Å². The number of hydrogen-bond donors (Lipinski definition) is 4. The van der Waals surface area contributed by atoms with Crippen LogP contribution in [-0.2, 0) is 25.6 Å². The Morgan fingerprint density at radius 2 is 1.57 bits per heavy atom. The predicted octanol–water partition coefficient (Wildman–Crippen LogP) is 5.91. The van der Waals surface area contributed by atoms with Crippen molar-refractivity contribution in [3.05, 3.63) is 71.4 Å². The summed E-state index contributed by atoms with van der Waals surface area (Å²) >= 11 is 0. The number of fused-ring (bicyclic) bond motifs is 1. The van der Waals surface area contributed by atoms with Crippen LogP contribution in [0.25, 0.3) is 22.3 Å². The van der Waals surface area contributed by atoms with Crippen molar-refractivity contribution in [2.45, 2.75) is 85.0 Å². The standard InChI is InChI=1S/C42H52N8O6/c1-8-19-49(38(51)35(25(2)3)47-40(53)55-6)23-34-44-30-16-13-28(20-31(30)45-34)10-9-27-11-14-29(15-12-27)32-22-43-37(46-32)33-21-42(17-18-42)24-50(33)39(52)36(26(4)5)48-41(54)56-7/h11-16,20,22,25-26,33,35-36H,8,17-19,21,23-24H2,1-7H3,(H,43,46)(H,44,45)(H,47,53)(H,48,54)/t33-,35-,36-/m0/s1. The number of hydrogen-bond acceptors (Lipinski definition) is 8. The van der Waals surface area contributed by atoms with Crippen molar-refractivity contribution in [2.24, 2.45) is 17.3 Å². The molecule has 0 radical (unpaired) electrons. The Morgan fingerprint density at radius 1 is 0.929 bits per heavy atom. The topological polar surface area (TPSA) is 175 Å². The van der Waals surface area contributed by atoms with E-state index in [1.54, 1.807) is 11.1 Å². The van der Waals surface area contributed by atoms with Crippen molar-refractivity contribution in [1.82, 2.24) is 40.4 Å². The third-order valence-corrected chi connectivity index (χ3v) is 10.7. The minimum absolute atomic E-state index is 0.110. The highest BCUT2D eigenvalue weighted by Crippen LogP contribution is 2.58. The van der Waals surface area contributed by atoms with E-state index < -0.39 is 24.3 Å². The molecule has 1 spiro atoms. The molecule has 14 heteroatoms. The number of nitrogens with zero attached hydrogens (tertiary/aromatic N) is 4. The summed E-state index contributed by atoms with van der Waals surface area (Å²) in [6.07, 6.45) is 4.28. The van der Waals surface area contributed by atoms with E-state index in [-0.39, 0.29) is 41.7 Å². The fraction of sp³-hybridized carbons (Fsp3) is 0.476. The average Bonchev–Trinajstić information content (AvgIpc) is 3.47. The zero-order valence-corrected chi connectivity index (χ0v) is 33.2. The number of carbonyl (C=O) groups is 4. The summed E-state index contributed by atoms with van der Waals surface area (Å²) in [4.78, 5) is 71.1. The van der Waals surface area contributed by atoms with Crippen LogP contribution in [0.1, 0.15) is 89.1 Å². The zero-order valence-electron chi connectivity index (χ0n) is 33.2. The molecule has 2 fully saturated rings. The lowest BCUT2D eigenvalue weighted by Crippen LogP contribution is -2.51. The first-order chi connectivity index (χ1) is 26.8. The maximum Gasteiger partial charge on any atom is 0.407 e. The number of rotatable bonds is 12. The van der Waals surface area contributed by atoms with Crippen LogP contribution in [0, 0.1) is 29.1 Å². The van der Waals surface area contributed by atoms with Gasteiger partial charge in [-0.25, -0.2) is 19.6 Å². The molecule has 1 aliphatic heterocycles. The lowest BCUT2D eigenvalue weighted by molar-refractivity contribution is -0.136. The summed E-state index contributed by atoms with van der Waals surface area (Å²) < 4.78 is 9.53. The number of ether oxygens (including phenoxy) is 2. The first-order valence-electron chi connectivity index (χ1n) is 19.3. The molecule has 6 rings (SSSR count). The highest BCUT2D eigenvalue weighted by Gasteiger charge is 2.55. The number of amides is 4. The molecule has 1 aliphatic carbocycles. The number of aromatic amines is 2. The molecule has 3 heterocycles. The van der Waals surface area contributed by atoms with Crippen LogP contribution in [0.4, 0.5) is 9.59 Å². The van der Waals surface area contributed by atoms with Crippen LogP contribution in [0.2, 0.25) is 0 Å². The van der Waals surface area contributed by atoms with Gasteiger partial charge in [0.25, 0.3) is 0 Å². The monoisotopic (exact) mass is 764 g/mol. The summed E-state index contributed by atoms with van der Waals surface area (Å²) in [5.74, 6) is 7.32. The molecule has 2 aromatic carbocycles. The summed E-state index contributed by atoms with van der Waals surface area (Å²) in [6.45, 7) is 11.0. The van der Waals surface area contributed by atoms with Gasteiger partial charge in [-0.2, -0.15) is 0 Å². The smallest absolute Gasteiger partial charge is 0.407 e. The molecule has 0 unspecified atom stereocenters. The molecular formula is C42H52N8O6. The summed E-state index contributed by atoms with van der Waals surface area (Å²) in [5.41, 5.74) is 5.13. The maximum atomic E-state index is 13.8. The second kappa shape index (κ2) is 16.9. The van der Waals surface area contributed by atoms with E-state index in [0.29, 0.717) is 18.9 Å². The number of benzene rings is 2. The third-order valence-electron chi connectivity index (χ3n) is 10.7. The predicted molar refractivity (Wildman–Crippen MR) is 211 cm³/mol. The van der Waals surface area contributed by atoms with E-state index in [9.17, 15) is 19.2 Å². The highest BCUT2D eigenvalue weighted by molar-refractivity contribution is 5.87. The van der Waals surface area contributed by atoms with Gasteiger partial charge in [-0.1, -0.05) is 58.6 Å². The van der Waals surface area contributed by atoms with Crippen molar-refractivity contribution in [2.75, 3.05) is 27.3 Å². The van der Waals surface area contributed by atoms with Crippen molar-refractivity contribution < 1.29 is 28.7 Å². The van der Waals surface area contributed by atoms with Crippen molar-refractivity contribution in [3.63, 3.8) is 0 Å². The Bertz CT molecular complexity index is 2120. The third kappa shape index (κ3) is 8.99. The van der Waals surface area contributed by atoms with Crippen molar-refractivity contribution >= 4 is 35.0 Å². The first kappa shape index (κ1) is 39.8. The Hall–Kier alpha value is -5.84. The molecule has 3 atom stereocenters. The Morgan fingerprint density at radius 3 is 2.20 bits per heavy atom. The van der Waals surface area contributed by atoms with Gasteiger partial charge < -0.3 is 39.9 Å². The van der Waals surface area contributed by atoms with Gasteiger partial charge in [-0.05, 0) is 78.8 Å². The van der Waals surface area contributed by atoms with Crippen LogP contribution < -0.4 is 10.6 Å². The van der Waals surface area contributed by atoms with Gasteiger partial charge in [0.1, 0.15) is 23.7 Å². The first-order valence-corrected chi connectivity index (χ1v) is 19.3. The molecule has 4 aromatic rings. The SMILES string of the molecule is CCCN(Cc1nc2ccc(C#Cc3ccc(-c4cnc([C@@H]5CC6(CC6)CN5C(=O)[C@@H](NC(=O)OC)C(C)C)[nH]4)cc3)cc2[nH]1)C(=O)[C@@H](NC(=O)OC)C(C)C. The van der Waals surface area contributed by atoms with Crippen LogP contribution in [0.3, 0.4) is 0 Å². The molecule has 14 nitrogen and oxygen atoms in total. The number of methoxy groups -OCH3 is 2. The molecule has 1 saturated heterocycles. The lowest BCUT2D eigenvalue weighted by Gasteiger charge is -2.30. The molecular weight excluding hydrogens is 713 g/mol. The van der Waals surface area contributed by atoms with Gasteiger partial charge >= 0.3 is 12.2 Å². The van der Waals surface area contributed by atoms with Crippen molar-refractivity contribution in [1.29, 1.82) is 0 Å². The fourth-order valence-electron chi connectivity index (χ4n) is 7.31. The summed E-state index contributed by atoms with van der Waals surface area (Å²) in [5, 5.41) is 5.40. The number of alkyl carbamates (subject to hydrolysis) is 2. The highest BCUT2D eigenvalue weighted by atomic mass is 16.5. The van der Waals surface area contributed by atoms with Crippen LogP contribution in [-0.4, -0.2) is 93.1 Å². The Kier molecular flexibility index (Phi) is 12.0. The molecule has 4 N–H and O–H groups in total. The quantitative estimate of drug-likeness (QED) is 0.129. The minimum atomic E-state index is -0.719. The van der Waals surface area contributed by atoms with Crippen molar-refractivity contribution in [3.8, 4) is 23.1 Å². The van der Waals surface area contributed by atoms with Gasteiger partial charge in [-0.3, -0.25) is 9.59 Å². The number of carbonyl (C=O) groups excluding carboxylic acids is 4. The molecule has 0 bridgehead atoms. The van der Waals surface area contributed by atoms with Crippen LogP contribution >= 0.6 is 0 Å². The zero-order chi connectivity index (χ0) is 40.1. The van der Waals surface area contributed by atoms with Gasteiger partial charge in [0.2, 0.25) is 11.8 Å². The van der Waals surface area contributed by atoms with E-state index in [2.05, 4.69) is 32.4 Å². The second-order valence-electron chi connectivity index (χ2n) is 15.6. The molecule has 4 amide bonds. The number of imidazole rings is 2. The maximum absolute atomic E-state index is 13.8. The number of nitrogens with one attached hydrogen (secondary N) is 4. The summed E-state index contributed by atoms with van der Waals surface area (Å²) in [7, 11) is 2.57. The molecule has 2 aromatic heterocycles. The number of likely N-dealkylation sites (tertiary alicyclic amines) is 1. The van der Waals surface area contributed by atoms with Gasteiger partial charge in [0, 0.05) is 24.2 Å². The van der Waals surface area contributed by atoms with Gasteiger partial charge in [0.05, 0.1) is 49.7 Å². The Labute approximate surface area is 327 Å². The molecule has 2 aliphatic rings. The lowest BCUT2D eigenvalue weighted by atomic mass is 10.0. The van der Waals surface area contributed by atoms with Crippen LogP contribution in [0.5, 0.6) is 0 Å².